The Labute approximate surface area is 253 Å². The molecule has 1 amide bonds. The van der Waals surface area contributed by atoms with Crippen LogP contribution in [0.4, 0.5) is 0 Å². The first-order valence-electron chi connectivity index (χ1n) is 17.5. The van der Waals surface area contributed by atoms with Crippen molar-refractivity contribution in [1.82, 2.24) is 10.2 Å². The summed E-state index contributed by atoms with van der Waals surface area (Å²) >= 11 is 0. The van der Waals surface area contributed by atoms with Crippen LogP contribution in [0.15, 0.2) is 0 Å². The molecule has 244 valence electrons. The van der Waals surface area contributed by atoms with Crippen LogP contribution in [0.5, 0.6) is 0 Å². The molecular formula is C34H68N2O5. The molecule has 0 rings (SSSR count). The summed E-state index contributed by atoms with van der Waals surface area (Å²) in [5, 5.41) is 12.0. The van der Waals surface area contributed by atoms with Crippen molar-refractivity contribution in [2.45, 2.75) is 155 Å². The summed E-state index contributed by atoms with van der Waals surface area (Å²) in [7, 11) is 0. The molecule has 0 saturated carbocycles. The lowest BCUT2D eigenvalue weighted by Gasteiger charge is -2.21. The van der Waals surface area contributed by atoms with E-state index in [2.05, 4.69) is 24.1 Å². The number of esters is 1. The Morgan fingerprint density at radius 3 is 1.61 bits per heavy atom. The number of rotatable bonds is 33. The highest BCUT2D eigenvalue weighted by molar-refractivity contribution is 5.76. The Morgan fingerprint density at radius 1 is 0.585 bits per heavy atom. The van der Waals surface area contributed by atoms with Crippen LogP contribution in [0.1, 0.15) is 155 Å². The average Bonchev–Trinajstić information content (AvgIpc) is 2.97. The largest absolute Gasteiger partial charge is 0.466 e. The highest BCUT2D eigenvalue weighted by Gasteiger charge is 2.12. The zero-order valence-corrected chi connectivity index (χ0v) is 27.2. The van der Waals surface area contributed by atoms with E-state index in [0.29, 0.717) is 52.3 Å². The summed E-state index contributed by atoms with van der Waals surface area (Å²) in [6, 6.07) is 0. The summed E-state index contributed by atoms with van der Waals surface area (Å²) < 4.78 is 10.9. The van der Waals surface area contributed by atoms with Crippen LogP contribution in [-0.2, 0) is 19.1 Å². The first kappa shape index (κ1) is 39.8. The molecule has 0 radical (unpaired) electrons. The van der Waals surface area contributed by atoms with Crippen molar-refractivity contribution in [2.24, 2.45) is 0 Å². The standard InChI is InChI=1S/C34H68N2O5/c1-3-5-7-9-11-13-15-17-19-21-25-35-33(38)23-26-36(28-31-40-32-29-37)27-24-34(39)41-30-22-20-18-16-14-12-10-8-6-4-2/h37H,3-32H2,1-2H3,(H,35,38). The smallest absolute Gasteiger partial charge is 0.307 e. The van der Waals surface area contributed by atoms with Crippen LogP contribution in [0.2, 0.25) is 0 Å². The predicted octanol–water partition coefficient (Wildman–Crippen LogP) is 7.58. The number of unbranched alkanes of at least 4 members (excludes halogenated alkanes) is 18. The number of hydrogen-bond donors (Lipinski definition) is 2. The molecule has 0 aromatic rings. The van der Waals surface area contributed by atoms with E-state index in [4.69, 9.17) is 14.6 Å². The fourth-order valence-corrected chi connectivity index (χ4v) is 4.98. The van der Waals surface area contributed by atoms with Crippen LogP contribution in [0, 0.1) is 0 Å². The maximum atomic E-state index is 12.4. The molecule has 0 aromatic heterocycles. The van der Waals surface area contributed by atoms with Crippen molar-refractivity contribution in [3.05, 3.63) is 0 Å². The molecule has 7 heteroatoms. The molecule has 0 fully saturated rings. The van der Waals surface area contributed by atoms with Crippen molar-refractivity contribution in [3.8, 4) is 0 Å². The SMILES string of the molecule is CCCCCCCCCCCCNC(=O)CCN(CCOCCO)CCC(=O)OCCCCCCCCCCCC. The molecule has 0 atom stereocenters. The topological polar surface area (TPSA) is 88.1 Å². The summed E-state index contributed by atoms with van der Waals surface area (Å²) in [5.41, 5.74) is 0. The Bertz CT molecular complexity index is 519. The zero-order chi connectivity index (χ0) is 30.1. The van der Waals surface area contributed by atoms with Gasteiger partial charge in [-0.25, -0.2) is 0 Å². The van der Waals surface area contributed by atoms with Gasteiger partial charge >= 0.3 is 5.97 Å². The molecule has 0 spiro atoms. The maximum absolute atomic E-state index is 12.4. The van der Waals surface area contributed by atoms with Gasteiger partial charge in [-0.15, -0.1) is 0 Å². The van der Waals surface area contributed by atoms with Crippen molar-refractivity contribution in [2.75, 3.05) is 52.6 Å². The Hall–Kier alpha value is -1.18. The summed E-state index contributed by atoms with van der Waals surface area (Å²) in [4.78, 5) is 26.7. The van der Waals surface area contributed by atoms with Gasteiger partial charge < -0.3 is 19.9 Å². The van der Waals surface area contributed by atoms with E-state index in [1.165, 1.54) is 109 Å². The Morgan fingerprint density at radius 2 is 1.07 bits per heavy atom. The van der Waals surface area contributed by atoms with Gasteiger partial charge in [0.2, 0.25) is 5.91 Å². The number of hydrogen-bond acceptors (Lipinski definition) is 6. The van der Waals surface area contributed by atoms with Gasteiger partial charge in [-0.1, -0.05) is 129 Å². The highest BCUT2D eigenvalue weighted by atomic mass is 16.5. The number of aliphatic hydroxyl groups is 1. The lowest BCUT2D eigenvalue weighted by Crippen LogP contribution is -2.35. The van der Waals surface area contributed by atoms with Crippen LogP contribution in [0.25, 0.3) is 0 Å². The van der Waals surface area contributed by atoms with Gasteiger partial charge in [0.1, 0.15) is 0 Å². The minimum atomic E-state index is -0.174. The lowest BCUT2D eigenvalue weighted by atomic mass is 10.1. The first-order valence-corrected chi connectivity index (χ1v) is 17.5. The molecule has 2 N–H and O–H groups in total. The molecule has 0 bridgehead atoms. The minimum absolute atomic E-state index is 0.00729. The third-order valence-corrected chi connectivity index (χ3v) is 7.69. The van der Waals surface area contributed by atoms with Gasteiger partial charge in [-0.2, -0.15) is 0 Å². The van der Waals surface area contributed by atoms with Crippen LogP contribution >= 0.6 is 0 Å². The summed E-state index contributed by atoms with van der Waals surface area (Å²) in [6.45, 7) is 8.25. The Balaban J connectivity index is 3.92. The van der Waals surface area contributed by atoms with E-state index in [0.717, 1.165) is 25.8 Å². The fourth-order valence-electron chi connectivity index (χ4n) is 4.98. The molecule has 7 nitrogen and oxygen atoms in total. The third-order valence-electron chi connectivity index (χ3n) is 7.69. The molecule has 0 unspecified atom stereocenters. The quantitative estimate of drug-likeness (QED) is 0.0611. The number of carbonyl (C=O) groups excluding carboxylic acids is 2. The van der Waals surface area contributed by atoms with Gasteiger partial charge in [0.15, 0.2) is 0 Å². The lowest BCUT2D eigenvalue weighted by molar-refractivity contribution is -0.144. The van der Waals surface area contributed by atoms with Gasteiger partial charge in [0, 0.05) is 32.6 Å². The van der Waals surface area contributed by atoms with Crippen molar-refractivity contribution in [3.63, 3.8) is 0 Å². The summed E-state index contributed by atoms with van der Waals surface area (Å²) in [5.74, 6) is -0.113. The first-order chi connectivity index (χ1) is 20.1. The number of aliphatic hydroxyl groups excluding tert-OH is 1. The van der Waals surface area contributed by atoms with E-state index < -0.39 is 0 Å². The second kappa shape index (κ2) is 33.3. The third kappa shape index (κ3) is 31.6. The second-order valence-electron chi connectivity index (χ2n) is 11.6. The van der Waals surface area contributed by atoms with Gasteiger partial charge in [0.05, 0.1) is 32.8 Å². The predicted molar refractivity (Wildman–Crippen MR) is 171 cm³/mol. The Kier molecular flexibility index (Phi) is 32.4. The number of amides is 1. The van der Waals surface area contributed by atoms with Gasteiger partial charge in [-0.05, 0) is 12.8 Å². The molecule has 41 heavy (non-hydrogen) atoms. The van der Waals surface area contributed by atoms with Crippen LogP contribution in [-0.4, -0.2) is 74.5 Å². The highest BCUT2D eigenvalue weighted by Crippen LogP contribution is 2.11. The maximum Gasteiger partial charge on any atom is 0.307 e. The average molecular weight is 585 g/mol. The molecule has 0 aromatic carbocycles. The summed E-state index contributed by atoms with van der Waals surface area (Å²) in [6.07, 6.45) is 26.2. The monoisotopic (exact) mass is 585 g/mol. The van der Waals surface area contributed by atoms with E-state index in [9.17, 15) is 9.59 Å². The molecule has 0 aliphatic heterocycles. The fraction of sp³-hybridized carbons (Fsp3) is 0.941. The molecule has 0 aliphatic carbocycles. The molecule has 0 heterocycles. The van der Waals surface area contributed by atoms with Crippen molar-refractivity contribution >= 4 is 11.9 Å². The van der Waals surface area contributed by atoms with Gasteiger partial charge in [-0.3, -0.25) is 14.5 Å². The van der Waals surface area contributed by atoms with Crippen LogP contribution < -0.4 is 5.32 Å². The van der Waals surface area contributed by atoms with Crippen molar-refractivity contribution < 1.29 is 24.2 Å². The zero-order valence-electron chi connectivity index (χ0n) is 27.2. The molecule has 0 saturated heterocycles. The van der Waals surface area contributed by atoms with E-state index in [1.54, 1.807) is 0 Å². The minimum Gasteiger partial charge on any atom is -0.466 e. The normalized spacial score (nSPS) is 11.3. The van der Waals surface area contributed by atoms with Crippen molar-refractivity contribution in [1.29, 1.82) is 0 Å². The number of carbonyl (C=O) groups is 2. The second-order valence-corrected chi connectivity index (χ2v) is 11.6. The number of nitrogens with zero attached hydrogens (tertiary/aromatic N) is 1. The number of ether oxygens (including phenoxy) is 2. The van der Waals surface area contributed by atoms with E-state index in [-0.39, 0.29) is 18.5 Å². The van der Waals surface area contributed by atoms with Gasteiger partial charge in [0.25, 0.3) is 0 Å². The molecule has 0 aliphatic rings. The molecular weight excluding hydrogens is 516 g/mol. The van der Waals surface area contributed by atoms with E-state index >= 15 is 0 Å². The van der Waals surface area contributed by atoms with E-state index in [1.807, 2.05) is 0 Å². The number of nitrogens with one attached hydrogen (secondary N) is 1. The van der Waals surface area contributed by atoms with Crippen LogP contribution in [0.3, 0.4) is 0 Å².